The number of ketones is 1. The number of benzene rings is 3. The fourth-order valence-electron chi connectivity index (χ4n) is 4.30. The van der Waals surface area contributed by atoms with Crippen LogP contribution in [0, 0.1) is 13.8 Å². The number of aliphatic imine (C=N–C) groups is 1. The quantitative estimate of drug-likeness (QED) is 0.412. The summed E-state index contributed by atoms with van der Waals surface area (Å²) in [6, 6.07) is 18.2. The van der Waals surface area contributed by atoms with Gasteiger partial charge in [-0.25, -0.2) is 4.99 Å². The third kappa shape index (κ3) is 5.57. The molecule has 0 saturated carbocycles. The molecule has 0 bridgehead atoms. The second-order valence-corrected chi connectivity index (χ2v) is 10.5. The Morgan fingerprint density at radius 1 is 1.03 bits per heavy atom. The van der Waals surface area contributed by atoms with Crippen molar-refractivity contribution in [1.29, 1.82) is 0 Å². The lowest BCUT2D eigenvalue weighted by Gasteiger charge is -2.17. The van der Waals surface area contributed by atoms with Crippen molar-refractivity contribution < 1.29 is 23.9 Å². The number of nitrogens with zero attached hydrogens (tertiary/aromatic N) is 2. The van der Waals surface area contributed by atoms with Crippen LogP contribution in [0.2, 0.25) is 0 Å². The molecule has 2 heterocycles. The van der Waals surface area contributed by atoms with E-state index in [0.717, 1.165) is 22.4 Å². The number of amides is 2. The number of carbonyl (C=O) groups excluding carboxylic acids is 3. The van der Waals surface area contributed by atoms with Crippen molar-refractivity contribution in [1.82, 2.24) is 4.90 Å². The molecule has 0 aliphatic carbocycles. The van der Waals surface area contributed by atoms with E-state index in [4.69, 9.17) is 14.5 Å². The Balaban J connectivity index is 1.36. The van der Waals surface area contributed by atoms with Crippen LogP contribution in [-0.4, -0.2) is 39.7 Å². The first-order chi connectivity index (χ1) is 18.3. The van der Waals surface area contributed by atoms with Crippen LogP contribution in [0.5, 0.6) is 11.5 Å². The van der Waals surface area contributed by atoms with Crippen LogP contribution in [0.1, 0.15) is 40.4 Å². The van der Waals surface area contributed by atoms with Crippen LogP contribution in [0.4, 0.5) is 11.4 Å². The second kappa shape index (κ2) is 10.7. The molecule has 2 amide bonds. The van der Waals surface area contributed by atoms with Crippen LogP contribution in [0.3, 0.4) is 0 Å². The Morgan fingerprint density at radius 2 is 1.79 bits per heavy atom. The van der Waals surface area contributed by atoms with Crippen LogP contribution in [0.15, 0.2) is 65.7 Å². The number of ether oxygens (including phenoxy) is 2. The molecule has 5 rings (SSSR count). The number of anilines is 1. The van der Waals surface area contributed by atoms with Crippen LogP contribution in [0.25, 0.3) is 0 Å². The highest BCUT2D eigenvalue weighted by Crippen LogP contribution is 2.36. The molecule has 0 unspecified atom stereocenters. The van der Waals surface area contributed by atoms with Gasteiger partial charge in [-0.05, 0) is 74.4 Å². The maximum atomic E-state index is 13.5. The smallest absolute Gasteiger partial charge is 0.242 e. The van der Waals surface area contributed by atoms with E-state index in [-0.39, 0.29) is 37.4 Å². The minimum Gasteiger partial charge on any atom is -0.454 e. The summed E-state index contributed by atoms with van der Waals surface area (Å²) < 4.78 is 10.9. The fraction of sp³-hybridized carbons (Fsp3) is 0.241. The number of hydrogen-bond donors (Lipinski definition) is 1. The van der Waals surface area contributed by atoms with E-state index < -0.39 is 5.25 Å². The minimum atomic E-state index is -0.620. The highest BCUT2D eigenvalue weighted by Gasteiger charge is 2.39. The van der Waals surface area contributed by atoms with Crippen molar-refractivity contribution in [3.63, 3.8) is 0 Å². The molecule has 9 heteroatoms. The van der Waals surface area contributed by atoms with Crippen molar-refractivity contribution in [2.45, 2.75) is 39.0 Å². The largest absolute Gasteiger partial charge is 0.454 e. The molecule has 38 heavy (non-hydrogen) atoms. The minimum absolute atomic E-state index is 0.0124. The van der Waals surface area contributed by atoms with Gasteiger partial charge in [0.25, 0.3) is 0 Å². The molecule has 3 aromatic carbocycles. The molecule has 0 radical (unpaired) electrons. The molecule has 8 nitrogen and oxygen atoms in total. The summed E-state index contributed by atoms with van der Waals surface area (Å²) in [5, 5.41) is 2.75. The molecule has 1 fully saturated rings. The van der Waals surface area contributed by atoms with Gasteiger partial charge in [0.15, 0.2) is 22.4 Å². The van der Waals surface area contributed by atoms with Crippen molar-refractivity contribution in [3.05, 3.63) is 82.9 Å². The number of aryl methyl sites for hydroxylation is 2. The van der Waals surface area contributed by atoms with E-state index in [1.165, 1.54) is 18.7 Å². The van der Waals surface area contributed by atoms with Crippen LogP contribution >= 0.6 is 11.8 Å². The average molecular weight is 530 g/mol. The normalized spacial score (nSPS) is 17.2. The summed E-state index contributed by atoms with van der Waals surface area (Å²) in [6.07, 6.45) is -0.0124. The average Bonchev–Trinajstić information content (AvgIpc) is 3.46. The van der Waals surface area contributed by atoms with Gasteiger partial charge in [-0.1, -0.05) is 35.5 Å². The first kappa shape index (κ1) is 25.5. The summed E-state index contributed by atoms with van der Waals surface area (Å²) in [5.41, 5.74) is 4.91. The Labute approximate surface area is 225 Å². The third-order valence-electron chi connectivity index (χ3n) is 6.31. The molecule has 194 valence electrons. The van der Waals surface area contributed by atoms with E-state index in [0.29, 0.717) is 27.9 Å². The van der Waals surface area contributed by atoms with Crippen molar-refractivity contribution >= 4 is 45.9 Å². The van der Waals surface area contributed by atoms with Crippen molar-refractivity contribution in [2.24, 2.45) is 4.99 Å². The predicted octanol–water partition coefficient (Wildman–Crippen LogP) is 5.40. The van der Waals surface area contributed by atoms with Gasteiger partial charge in [0, 0.05) is 17.7 Å². The number of fused-ring (bicyclic) bond motifs is 1. The molecular weight excluding hydrogens is 502 g/mol. The Kier molecular flexibility index (Phi) is 7.20. The molecule has 3 aromatic rings. The summed E-state index contributed by atoms with van der Waals surface area (Å²) in [4.78, 5) is 44.4. The molecule has 1 saturated heterocycles. The zero-order chi connectivity index (χ0) is 26.8. The van der Waals surface area contributed by atoms with Gasteiger partial charge in [-0.3, -0.25) is 19.3 Å². The number of Topliss-reactive ketones (excluding diaryl/α,β-unsaturated/α-hetero) is 1. The van der Waals surface area contributed by atoms with Crippen molar-refractivity contribution in [2.75, 3.05) is 12.1 Å². The van der Waals surface area contributed by atoms with Gasteiger partial charge in [-0.15, -0.1) is 0 Å². The number of thioether (sulfide) groups is 1. The zero-order valence-electron chi connectivity index (χ0n) is 21.3. The number of hydrogen-bond acceptors (Lipinski definition) is 7. The lowest BCUT2D eigenvalue weighted by atomic mass is 10.1. The van der Waals surface area contributed by atoms with E-state index in [9.17, 15) is 14.4 Å². The molecule has 2 aliphatic heterocycles. The number of carbonyl (C=O) groups is 3. The monoisotopic (exact) mass is 529 g/mol. The molecule has 1 atom stereocenters. The maximum Gasteiger partial charge on any atom is 0.242 e. The van der Waals surface area contributed by atoms with Gasteiger partial charge in [0.1, 0.15) is 5.25 Å². The summed E-state index contributed by atoms with van der Waals surface area (Å²) in [5.74, 6) is 0.793. The highest BCUT2D eigenvalue weighted by molar-refractivity contribution is 8.15. The summed E-state index contributed by atoms with van der Waals surface area (Å²) in [6.45, 7) is 5.95. The molecular formula is C29H27N3O5S. The fourth-order valence-corrected chi connectivity index (χ4v) is 5.45. The Morgan fingerprint density at radius 3 is 2.53 bits per heavy atom. The number of amidine groups is 1. The van der Waals surface area contributed by atoms with Gasteiger partial charge < -0.3 is 14.8 Å². The van der Waals surface area contributed by atoms with E-state index in [2.05, 4.69) is 5.32 Å². The predicted molar refractivity (Wildman–Crippen MR) is 147 cm³/mol. The van der Waals surface area contributed by atoms with Crippen LogP contribution < -0.4 is 14.8 Å². The van der Waals surface area contributed by atoms with E-state index in [1.54, 1.807) is 29.2 Å². The summed E-state index contributed by atoms with van der Waals surface area (Å²) >= 11 is 1.29. The lowest BCUT2D eigenvalue weighted by molar-refractivity contribution is -0.128. The van der Waals surface area contributed by atoms with E-state index in [1.807, 2.05) is 50.2 Å². The highest BCUT2D eigenvalue weighted by atomic mass is 32.2. The Hall–Kier alpha value is -4.11. The number of nitrogens with one attached hydrogen (secondary N) is 1. The van der Waals surface area contributed by atoms with Crippen molar-refractivity contribution in [3.8, 4) is 11.5 Å². The van der Waals surface area contributed by atoms with Crippen LogP contribution in [-0.2, 0) is 16.1 Å². The topological polar surface area (TPSA) is 97.3 Å². The van der Waals surface area contributed by atoms with Gasteiger partial charge in [0.05, 0.1) is 12.2 Å². The maximum absolute atomic E-state index is 13.5. The molecule has 0 aromatic heterocycles. The first-order valence-corrected chi connectivity index (χ1v) is 13.1. The van der Waals surface area contributed by atoms with Gasteiger partial charge in [0.2, 0.25) is 18.6 Å². The lowest BCUT2D eigenvalue weighted by Crippen LogP contribution is -2.33. The zero-order valence-corrected chi connectivity index (χ0v) is 22.1. The Bertz CT molecular complexity index is 1450. The second-order valence-electron chi connectivity index (χ2n) is 9.29. The standard InChI is InChI=1S/C29H27N3O5S/c1-17-4-10-23(18(2)12-17)31-29-32(15-20-5-11-24-25(13-20)37-16-36-24)28(35)26(38-29)14-27(34)30-22-8-6-21(7-9-22)19(3)33/h4-13,26H,14-16H2,1-3H3,(H,30,34)/t26-/m0/s1. The number of rotatable bonds is 7. The first-order valence-electron chi connectivity index (χ1n) is 12.2. The molecule has 2 aliphatic rings. The third-order valence-corrected chi connectivity index (χ3v) is 7.49. The van der Waals surface area contributed by atoms with E-state index >= 15 is 0 Å². The summed E-state index contributed by atoms with van der Waals surface area (Å²) in [7, 11) is 0. The molecule has 0 spiro atoms. The van der Waals surface area contributed by atoms with Gasteiger partial charge >= 0.3 is 0 Å². The SMILES string of the molecule is CC(=O)c1ccc(NC(=O)C[C@@H]2SC(=Nc3ccc(C)cc3C)N(Cc3ccc4c(c3)OCO4)C2=O)cc1. The molecule has 1 N–H and O–H groups in total. The van der Waals surface area contributed by atoms with Gasteiger partial charge in [-0.2, -0.15) is 0 Å².